The van der Waals surface area contributed by atoms with E-state index < -0.39 is 12.0 Å². The number of hydrogen-bond donors (Lipinski definition) is 2. The number of carboxylic acids is 1. The molecule has 1 aromatic rings. The van der Waals surface area contributed by atoms with Crippen LogP contribution < -0.4 is 5.73 Å². The molecule has 60 valence electrons. The Labute approximate surface area is 63.4 Å². The lowest BCUT2D eigenvalue weighted by atomic mass is 10.2. The van der Waals surface area contributed by atoms with Gasteiger partial charge in [0.1, 0.15) is 6.04 Å². The number of aryl methyl sites for hydroxylation is 1. The van der Waals surface area contributed by atoms with Gasteiger partial charge in [0, 0.05) is 13.2 Å². The molecule has 0 aliphatic rings. The van der Waals surface area contributed by atoms with Crippen molar-refractivity contribution in [3.05, 3.63) is 18.0 Å². The zero-order valence-corrected chi connectivity index (χ0v) is 6.06. The summed E-state index contributed by atoms with van der Waals surface area (Å²) in [5.41, 5.74) is 5.82. The van der Waals surface area contributed by atoms with E-state index in [0.29, 0.717) is 5.69 Å². The zero-order valence-electron chi connectivity index (χ0n) is 6.06. The molecule has 0 fully saturated rings. The molecule has 0 bridgehead atoms. The second-order valence-electron chi connectivity index (χ2n) is 2.20. The van der Waals surface area contributed by atoms with Gasteiger partial charge in [0.2, 0.25) is 0 Å². The minimum Gasteiger partial charge on any atom is -0.480 e. The third-order valence-electron chi connectivity index (χ3n) is 1.44. The first-order valence-electron chi connectivity index (χ1n) is 3.09. The summed E-state index contributed by atoms with van der Waals surface area (Å²) in [5.74, 6) is -1.05. The van der Waals surface area contributed by atoms with Crippen LogP contribution in [0.4, 0.5) is 0 Å². The van der Waals surface area contributed by atoms with Gasteiger partial charge in [-0.3, -0.25) is 9.48 Å². The normalized spacial score (nSPS) is 12.9. The van der Waals surface area contributed by atoms with Crippen LogP contribution in [0.3, 0.4) is 0 Å². The maximum Gasteiger partial charge on any atom is 0.326 e. The first-order chi connectivity index (χ1) is 5.13. The lowest BCUT2D eigenvalue weighted by Crippen LogP contribution is -2.23. The van der Waals surface area contributed by atoms with Gasteiger partial charge in [-0.2, -0.15) is 5.10 Å². The van der Waals surface area contributed by atoms with E-state index in [2.05, 4.69) is 5.10 Å². The number of nitrogens with zero attached hydrogens (tertiary/aromatic N) is 2. The predicted octanol–water partition coefficient (Wildman–Crippen LogP) is -0.495. The first-order valence-corrected chi connectivity index (χ1v) is 3.09. The van der Waals surface area contributed by atoms with Crippen LogP contribution in [0.2, 0.25) is 0 Å². The van der Waals surface area contributed by atoms with Crippen LogP contribution in [0.15, 0.2) is 12.3 Å². The fourth-order valence-corrected chi connectivity index (χ4v) is 0.816. The fourth-order valence-electron chi connectivity index (χ4n) is 0.816. The monoisotopic (exact) mass is 155 g/mol. The van der Waals surface area contributed by atoms with Crippen LogP contribution >= 0.6 is 0 Å². The minimum atomic E-state index is -1.05. The number of hydrogen-bond acceptors (Lipinski definition) is 3. The van der Waals surface area contributed by atoms with E-state index in [1.807, 2.05) is 0 Å². The SMILES string of the molecule is Cn1nccc1[C@@H](N)C(=O)O. The molecule has 5 nitrogen and oxygen atoms in total. The van der Waals surface area contributed by atoms with Crippen LogP contribution in [-0.4, -0.2) is 20.9 Å². The van der Waals surface area contributed by atoms with Crippen molar-refractivity contribution >= 4 is 5.97 Å². The largest absolute Gasteiger partial charge is 0.480 e. The highest BCUT2D eigenvalue weighted by Crippen LogP contribution is 2.07. The molecule has 5 heteroatoms. The van der Waals surface area contributed by atoms with E-state index in [4.69, 9.17) is 10.8 Å². The Balaban J connectivity index is 2.92. The van der Waals surface area contributed by atoms with Crippen LogP contribution in [0.5, 0.6) is 0 Å². The van der Waals surface area contributed by atoms with Gasteiger partial charge in [-0.15, -0.1) is 0 Å². The maximum atomic E-state index is 10.4. The molecule has 0 aromatic carbocycles. The van der Waals surface area contributed by atoms with Crippen LogP contribution in [0.1, 0.15) is 11.7 Å². The molecule has 0 unspecified atom stereocenters. The van der Waals surface area contributed by atoms with Crippen LogP contribution in [-0.2, 0) is 11.8 Å². The van der Waals surface area contributed by atoms with E-state index in [1.54, 1.807) is 13.1 Å². The van der Waals surface area contributed by atoms with Crippen molar-refractivity contribution in [1.29, 1.82) is 0 Å². The molecule has 1 rings (SSSR count). The number of rotatable bonds is 2. The number of aliphatic carboxylic acids is 1. The summed E-state index contributed by atoms with van der Waals surface area (Å²) >= 11 is 0. The zero-order chi connectivity index (χ0) is 8.43. The molecule has 1 aromatic heterocycles. The quantitative estimate of drug-likeness (QED) is 0.603. The van der Waals surface area contributed by atoms with E-state index in [0.717, 1.165) is 0 Å². The molecule has 11 heavy (non-hydrogen) atoms. The first kappa shape index (κ1) is 7.74. The van der Waals surface area contributed by atoms with Gasteiger partial charge in [-0.05, 0) is 6.07 Å². The van der Waals surface area contributed by atoms with Gasteiger partial charge in [-0.25, -0.2) is 0 Å². The lowest BCUT2D eigenvalue weighted by molar-refractivity contribution is -0.138. The Kier molecular flexibility index (Phi) is 1.91. The smallest absolute Gasteiger partial charge is 0.326 e. The average Bonchev–Trinajstić information content (AvgIpc) is 2.33. The molecule has 0 amide bonds. The van der Waals surface area contributed by atoms with Crippen molar-refractivity contribution in [1.82, 2.24) is 9.78 Å². The highest BCUT2D eigenvalue weighted by Gasteiger charge is 2.16. The molecular weight excluding hydrogens is 146 g/mol. The molecule has 0 radical (unpaired) electrons. The van der Waals surface area contributed by atoms with E-state index in [9.17, 15) is 4.79 Å². The molecule has 3 N–H and O–H groups in total. The Morgan fingerprint density at radius 3 is 2.91 bits per heavy atom. The Bertz CT molecular complexity index is 269. The topological polar surface area (TPSA) is 81.1 Å². The molecular formula is C6H9N3O2. The molecule has 1 atom stereocenters. The van der Waals surface area contributed by atoms with Crippen molar-refractivity contribution in [2.45, 2.75) is 6.04 Å². The van der Waals surface area contributed by atoms with Crippen molar-refractivity contribution in [2.24, 2.45) is 12.8 Å². The summed E-state index contributed by atoms with van der Waals surface area (Å²) in [6.07, 6.45) is 1.51. The van der Waals surface area contributed by atoms with E-state index in [1.165, 1.54) is 10.9 Å². The van der Waals surface area contributed by atoms with Gasteiger partial charge in [0.25, 0.3) is 0 Å². The minimum absolute atomic E-state index is 0.498. The molecule has 0 aliphatic heterocycles. The Hall–Kier alpha value is -1.36. The summed E-state index contributed by atoms with van der Waals surface area (Å²) in [6.45, 7) is 0. The average molecular weight is 155 g/mol. The van der Waals surface area contributed by atoms with Crippen molar-refractivity contribution in [2.75, 3.05) is 0 Å². The van der Waals surface area contributed by atoms with Crippen LogP contribution in [0, 0.1) is 0 Å². The molecule has 0 saturated carbocycles. The Morgan fingerprint density at radius 1 is 1.91 bits per heavy atom. The van der Waals surface area contributed by atoms with Crippen LogP contribution in [0.25, 0.3) is 0 Å². The van der Waals surface area contributed by atoms with E-state index in [-0.39, 0.29) is 0 Å². The summed E-state index contributed by atoms with van der Waals surface area (Å²) in [6, 6.07) is 0.598. The van der Waals surface area contributed by atoms with Crippen molar-refractivity contribution in [3.63, 3.8) is 0 Å². The molecule has 0 aliphatic carbocycles. The van der Waals surface area contributed by atoms with Crippen molar-refractivity contribution < 1.29 is 9.90 Å². The maximum absolute atomic E-state index is 10.4. The lowest BCUT2D eigenvalue weighted by Gasteiger charge is -2.05. The number of aromatic nitrogens is 2. The summed E-state index contributed by atoms with van der Waals surface area (Å²) in [4.78, 5) is 10.4. The third-order valence-corrected chi connectivity index (χ3v) is 1.44. The van der Waals surface area contributed by atoms with Gasteiger partial charge in [0.15, 0.2) is 0 Å². The second-order valence-corrected chi connectivity index (χ2v) is 2.20. The second kappa shape index (κ2) is 2.71. The number of carbonyl (C=O) groups is 1. The molecule has 0 saturated heterocycles. The number of nitrogens with two attached hydrogens (primary N) is 1. The summed E-state index contributed by atoms with van der Waals surface area (Å²) < 4.78 is 1.44. The van der Waals surface area contributed by atoms with Crippen molar-refractivity contribution in [3.8, 4) is 0 Å². The highest BCUT2D eigenvalue weighted by molar-refractivity contribution is 5.74. The van der Waals surface area contributed by atoms with Gasteiger partial charge >= 0.3 is 5.97 Å². The summed E-state index contributed by atoms with van der Waals surface area (Å²) in [5, 5.41) is 12.3. The van der Waals surface area contributed by atoms with E-state index >= 15 is 0 Å². The standard InChI is InChI=1S/C6H9N3O2/c1-9-4(2-3-8-9)5(7)6(10)11/h2-3,5H,7H2,1H3,(H,10,11)/t5-/m1/s1. The fraction of sp³-hybridized carbons (Fsp3) is 0.333. The number of carboxylic acid groups (broad SMARTS) is 1. The predicted molar refractivity (Wildman–Crippen MR) is 37.8 cm³/mol. The van der Waals surface area contributed by atoms with Gasteiger partial charge in [-0.1, -0.05) is 0 Å². The molecule has 0 spiro atoms. The Morgan fingerprint density at radius 2 is 2.55 bits per heavy atom. The van der Waals surface area contributed by atoms with Gasteiger partial charge in [0.05, 0.1) is 5.69 Å². The molecule has 1 heterocycles. The summed E-state index contributed by atoms with van der Waals surface area (Å²) in [7, 11) is 1.65. The van der Waals surface area contributed by atoms with Gasteiger partial charge < -0.3 is 10.8 Å². The highest BCUT2D eigenvalue weighted by atomic mass is 16.4. The third kappa shape index (κ3) is 1.38.